The van der Waals surface area contributed by atoms with Crippen LogP contribution < -0.4 is 9.62 Å². The zero-order valence-electron chi connectivity index (χ0n) is 14.9. The van der Waals surface area contributed by atoms with Gasteiger partial charge in [-0.3, -0.25) is 9.10 Å². The highest BCUT2D eigenvalue weighted by molar-refractivity contribution is 7.92. The van der Waals surface area contributed by atoms with Crippen molar-refractivity contribution in [2.24, 2.45) is 0 Å². The van der Waals surface area contributed by atoms with E-state index in [1.165, 1.54) is 19.1 Å². The Kier molecular flexibility index (Phi) is 6.21. The summed E-state index contributed by atoms with van der Waals surface area (Å²) in [6.07, 6.45) is 1.02. The van der Waals surface area contributed by atoms with Crippen molar-refractivity contribution in [2.75, 3.05) is 15.9 Å². The van der Waals surface area contributed by atoms with Crippen LogP contribution in [0.1, 0.15) is 18.1 Å². The number of nitrogens with one attached hydrogen (secondary N) is 1. The number of aryl methyl sites for hydroxylation is 2. The van der Waals surface area contributed by atoms with Crippen molar-refractivity contribution in [1.82, 2.24) is 0 Å². The molecule has 140 valence electrons. The van der Waals surface area contributed by atoms with E-state index in [1.807, 2.05) is 26.0 Å². The molecule has 8 heteroatoms. The van der Waals surface area contributed by atoms with Crippen LogP contribution in [-0.2, 0) is 14.8 Å². The van der Waals surface area contributed by atoms with Crippen LogP contribution in [-0.4, -0.2) is 26.6 Å². The Hall–Kier alpha value is -1.76. The molecule has 0 heterocycles. The van der Waals surface area contributed by atoms with Gasteiger partial charge in [0.2, 0.25) is 15.9 Å². The predicted octanol–water partition coefficient (Wildman–Crippen LogP) is 4.40. The van der Waals surface area contributed by atoms with Crippen LogP contribution in [0.3, 0.4) is 0 Å². The second kappa shape index (κ2) is 7.86. The molecule has 0 bridgehead atoms. The van der Waals surface area contributed by atoms with Crippen LogP contribution in [0.4, 0.5) is 11.4 Å². The molecular formula is C18H20Cl2N2O3S. The van der Waals surface area contributed by atoms with Crippen molar-refractivity contribution < 1.29 is 13.2 Å². The number of benzene rings is 2. The molecule has 0 saturated carbocycles. The summed E-state index contributed by atoms with van der Waals surface area (Å²) in [5.41, 5.74) is 2.73. The van der Waals surface area contributed by atoms with E-state index in [-0.39, 0.29) is 10.7 Å². The van der Waals surface area contributed by atoms with E-state index in [9.17, 15) is 13.2 Å². The highest BCUT2D eigenvalue weighted by Crippen LogP contribution is 2.32. The third-order valence-corrected chi connectivity index (χ3v) is 5.66. The molecular weight excluding hydrogens is 395 g/mol. The van der Waals surface area contributed by atoms with E-state index in [0.29, 0.717) is 10.7 Å². The van der Waals surface area contributed by atoms with Gasteiger partial charge in [0.05, 0.1) is 17.0 Å². The van der Waals surface area contributed by atoms with Crippen molar-refractivity contribution >= 4 is 50.5 Å². The molecule has 0 aromatic heterocycles. The molecule has 5 nitrogen and oxygen atoms in total. The molecule has 0 aliphatic carbocycles. The fourth-order valence-corrected chi connectivity index (χ4v) is 4.23. The lowest BCUT2D eigenvalue weighted by Crippen LogP contribution is -2.45. The Balaban J connectivity index is 2.39. The number of sulfonamides is 1. The number of hydrogen-bond acceptors (Lipinski definition) is 3. The van der Waals surface area contributed by atoms with Gasteiger partial charge in [0.1, 0.15) is 6.04 Å². The molecule has 0 fully saturated rings. The monoisotopic (exact) mass is 414 g/mol. The molecule has 2 aromatic carbocycles. The number of anilines is 2. The summed E-state index contributed by atoms with van der Waals surface area (Å²) in [4.78, 5) is 12.7. The lowest BCUT2D eigenvalue weighted by Gasteiger charge is -2.29. The summed E-state index contributed by atoms with van der Waals surface area (Å²) in [7, 11) is -3.78. The fourth-order valence-electron chi connectivity index (χ4n) is 2.63. The minimum absolute atomic E-state index is 0.157. The highest BCUT2D eigenvalue weighted by atomic mass is 35.5. The van der Waals surface area contributed by atoms with Crippen LogP contribution in [0.15, 0.2) is 36.4 Å². The summed E-state index contributed by atoms with van der Waals surface area (Å²) < 4.78 is 25.7. The highest BCUT2D eigenvalue weighted by Gasteiger charge is 2.31. The fraction of sp³-hybridized carbons (Fsp3) is 0.278. The smallest absolute Gasteiger partial charge is 0.248 e. The lowest BCUT2D eigenvalue weighted by atomic mass is 10.1. The molecule has 1 atom stereocenters. The topological polar surface area (TPSA) is 66.5 Å². The third kappa shape index (κ3) is 4.69. The van der Waals surface area contributed by atoms with Crippen LogP contribution in [0.2, 0.25) is 10.0 Å². The molecule has 0 aliphatic heterocycles. The summed E-state index contributed by atoms with van der Waals surface area (Å²) in [6, 6.07) is 9.03. The molecule has 1 amide bonds. The number of rotatable bonds is 5. The van der Waals surface area contributed by atoms with E-state index in [4.69, 9.17) is 23.2 Å². The van der Waals surface area contributed by atoms with Gasteiger partial charge < -0.3 is 5.32 Å². The van der Waals surface area contributed by atoms with Gasteiger partial charge >= 0.3 is 0 Å². The molecule has 0 saturated heterocycles. The van der Waals surface area contributed by atoms with Gasteiger partial charge in [-0.1, -0.05) is 40.9 Å². The zero-order chi connectivity index (χ0) is 19.6. The first-order valence-electron chi connectivity index (χ1n) is 7.83. The molecule has 0 radical (unpaired) electrons. The average Bonchev–Trinajstić information content (AvgIpc) is 2.52. The van der Waals surface area contributed by atoms with Gasteiger partial charge in [-0.05, 0) is 50.6 Å². The Morgan fingerprint density at radius 1 is 1.12 bits per heavy atom. The van der Waals surface area contributed by atoms with E-state index in [1.54, 1.807) is 12.1 Å². The van der Waals surface area contributed by atoms with E-state index in [0.717, 1.165) is 21.7 Å². The van der Waals surface area contributed by atoms with Crippen molar-refractivity contribution in [3.63, 3.8) is 0 Å². The minimum Gasteiger partial charge on any atom is -0.324 e. The van der Waals surface area contributed by atoms with Crippen molar-refractivity contribution in [1.29, 1.82) is 0 Å². The van der Waals surface area contributed by atoms with Crippen molar-refractivity contribution in [2.45, 2.75) is 26.8 Å². The molecule has 0 spiro atoms. The number of halogens is 2. The first-order valence-corrected chi connectivity index (χ1v) is 10.4. The molecule has 2 aromatic rings. The van der Waals surface area contributed by atoms with Gasteiger partial charge in [0.25, 0.3) is 0 Å². The van der Waals surface area contributed by atoms with Crippen LogP contribution in [0.5, 0.6) is 0 Å². The molecule has 1 N–H and O–H groups in total. The molecule has 2 rings (SSSR count). The second-order valence-electron chi connectivity index (χ2n) is 6.14. The molecule has 26 heavy (non-hydrogen) atoms. The normalized spacial score (nSPS) is 12.5. The van der Waals surface area contributed by atoms with Gasteiger partial charge in [-0.25, -0.2) is 8.42 Å². The number of carbonyl (C=O) groups excluding carboxylic acids is 1. The van der Waals surface area contributed by atoms with E-state index in [2.05, 4.69) is 5.32 Å². The van der Waals surface area contributed by atoms with Crippen LogP contribution in [0.25, 0.3) is 0 Å². The summed E-state index contributed by atoms with van der Waals surface area (Å²) in [5, 5.41) is 3.28. The predicted molar refractivity (Wildman–Crippen MR) is 108 cm³/mol. The quantitative estimate of drug-likeness (QED) is 0.787. The largest absolute Gasteiger partial charge is 0.324 e. The maximum atomic E-state index is 12.7. The Labute approximate surface area is 164 Å². The number of nitrogens with zero attached hydrogens (tertiary/aromatic N) is 1. The maximum absolute atomic E-state index is 12.7. The standard InChI is InChI=1S/C18H20Cl2N2O3S/c1-11-5-8-16(12(2)9-11)21-18(23)13(3)22(26(4,24)25)17-10-14(19)6-7-15(17)20/h5-10,13H,1-4H3,(H,21,23)/t13-/m0/s1. The molecule has 0 aliphatic rings. The van der Waals surface area contributed by atoms with Gasteiger partial charge in [-0.15, -0.1) is 0 Å². The SMILES string of the molecule is Cc1ccc(NC(=O)[C@H](C)N(c2cc(Cl)ccc2Cl)S(C)(=O)=O)c(C)c1. The number of hydrogen-bond donors (Lipinski definition) is 1. The van der Waals surface area contributed by atoms with E-state index >= 15 is 0 Å². The van der Waals surface area contributed by atoms with Crippen LogP contribution in [0, 0.1) is 13.8 Å². The van der Waals surface area contributed by atoms with E-state index < -0.39 is 22.0 Å². The summed E-state index contributed by atoms with van der Waals surface area (Å²) in [6.45, 7) is 5.32. The first-order chi connectivity index (χ1) is 12.0. The molecule has 0 unspecified atom stereocenters. The van der Waals surface area contributed by atoms with Gasteiger partial charge in [0.15, 0.2) is 0 Å². The van der Waals surface area contributed by atoms with Crippen LogP contribution >= 0.6 is 23.2 Å². The number of carbonyl (C=O) groups is 1. The van der Waals surface area contributed by atoms with Crippen molar-refractivity contribution in [3.05, 3.63) is 57.6 Å². The lowest BCUT2D eigenvalue weighted by molar-refractivity contribution is -0.116. The zero-order valence-corrected chi connectivity index (χ0v) is 17.2. The van der Waals surface area contributed by atoms with Gasteiger partial charge in [-0.2, -0.15) is 0 Å². The number of amides is 1. The average molecular weight is 415 g/mol. The minimum atomic E-state index is -3.78. The van der Waals surface area contributed by atoms with Crippen molar-refractivity contribution in [3.8, 4) is 0 Å². The summed E-state index contributed by atoms with van der Waals surface area (Å²) >= 11 is 12.1. The summed E-state index contributed by atoms with van der Waals surface area (Å²) in [5.74, 6) is -0.474. The Morgan fingerprint density at radius 2 is 1.77 bits per heavy atom. The first kappa shape index (κ1) is 20.6. The Morgan fingerprint density at radius 3 is 2.35 bits per heavy atom. The Bertz CT molecular complexity index is 945. The van der Waals surface area contributed by atoms with Gasteiger partial charge in [0, 0.05) is 10.7 Å². The third-order valence-electron chi connectivity index (χ3n) is 3.87. The maximum Gasteiger partial charge on any atom is 0.248 e. The second-order valence-corrected chi connectivity index (χ2v) is 8.84.